The molecular formula is C23H24N4O. The van der Waals surface area contributed by atoms with Crippen LogP contribution in [0.1, 0.15) is 26.7 Å². The normalized spacial score (nSPS) is 12.1. The summed E-state index contributed by atoms with van der Waals surface area (Å²) in [5, 5.41) is 2.31. The Bertz CT molecular complexity index is 1250. The third kappa shape index (κ3) is 3.13. The Hall–Kier alpha value is -3.21. The highest BCUT2D eigenvalue weighted by molar-refractivity contribution is 5.91. The van der Waals surface area contributed by atoms with E-state index in [1.54, 1.807) is 0 Å². The van der Waals surface area contributed by atoms with Gasteiger partial charge in [-0.2, -0.15) is 0 Å². The van der Waals surface area contributed by atoms with Gasteiger partial charge in [0.05, 0.1) is 10.9 Å². The van der Waals surface area contributed by atoms with Gasteiger partial charge in [-0.3, -0.25) is 9.79 Å². The number of benzene rings is 2. The number of hydrogen-bond acceptors (Lipinski definition) is 3. The summed E-state index contributed by atoms with van der Waals surface area (Å²) in [6.07, 6.45) is 2.06. The van der Waals surface area contributed by atoms with Crippen LogP contribution < -0.4 is 10.9 Å². The maximum Gasteiger partial charge on any atom is 0.262 e. The number of fused-ring (bicyclic) bond motifs is 2. The van der Waals surface area contributed by atoms with Crippen LogP contribution in [0, 0.1) is 0 Å². The predicted octanol–water partition coefficient (Wildman–Crippen LogP) is 4.27. The molecule has 2 aromatic carbocycles. The maximum atomic E-state index is 13.2. The van der Waals surface area contributed by atoms with Crippen LogP contribution in [0.2, 0.25) is 0 Å². The minimum atomic E-state index is -0.146. The Morgan fingerprint density at radius 2 is 1.79 bits per heavy atom. The van der Waals surface area contributed by atoms with Gasteiger partial charge in [0.1, 0.15) is 11.2 Å². The predicted molar refractivity (Wildman–Crippen MR) is 114 cm³/mol. The molecule has 0 aliphatic heterocycles. The van der Waals surface area contributed by atoms with E-state index in [2.05, 4.69) is 29.5 Å². The summed E-state index contributed by atoms with van der Waals surface area (Å²) in [5.41, 5.74) is 2.47. The molecule has 142 valence electrons. The lowest BCUT2D eigenvalue weighted by atomic mass is 10.1. The molecule has 0 bridgehead atoms. The topological polar surface area (TPSA) is 63.0 Å². The number of aryl methyl sites for hydroxylation is 1. The Balaban J connectivity index is 2.15. The number of nitrogens with zero attached hydrogens (tertiary/aromatic N) is 3. The lowest BCUT2D eigenvalue weighted by Gasteiger charge is -2.14. The molecule has 0 aliphatic rings. The molecule has 1 N–H and O–H groups in total. The van der Waals surface area contributed by atoms with Crippen molar-refractivity contribution in [2.24, 2.45) is 4.99 Å². The fourth-order valence-electron chi connectivity index (χ4n) is 3.59. The van der Waals surface area contributed by atoms with E-state index >= 15 is 0 Å². The number of rotatable bonds is 5. The molecule has 0 saturated carbocycles. The first-order valence-electron chi connectivity index (χ1n) is 9.86. The summed E-state index contributed by atoms with van der Waals surface area (Å²) in [6.45, 7) is 5.63. The van der Waals surface area contributed by atoms with E-state index in [1.807, 2.05) is 48.5 Å². The van der Waals surface area contributed by atoms with Crippen molar-refractivity contribution in [2.75, 3.05) is 6.54 Å². The summed E-state index contributed by atoms with van der Waals surface area (Å²) in [5.74, 6) is 0.579. The highest BCUT2D eigenvalue weighted by atomic mass is 16.1. The smallest absolute Gasteiger partial charge is 0.262 e. The van der Waals surface area contributed by atoms with E-state index in [0.29, 0.717) is 23.4 Å². The van der Waals surface area contributed by atoms with Crippen LogP contribution in [0.25, 0.3) is 33.3 Å². The molecule has 0 atom stereocenters. The first kappa shape index (κ1) is 18.2. The third-order valence-corrected chi connectivity index (χ3v) is 4.99. The van der Waals surface area contributed by atoms with Crippen LogP contribution in [0.3, 0.4) is 0 Å². The van der Waals surface area contributed by atoms with Crippen molar-refractivity contribution in [3.63, 3.8) is 0 Å². The summed E-state index contributed by atoms with van der Waals surface area (Å²) in [6, 6.07) is 17.9. The Kier molecular flexibility index (Phi) is 5.06. The first-order valence-corrected chi connectivity index (χ1v) is 9.86. The molecule has 4 aromatic rings. The van der Waals surface area contributed by atoms with Gasteiger partial charge in [0.15, 0.2) is 5.65 Å². The van der Waals surface area contributed by atoms with E-state index in [9.17, 15) is 4.79 Å². The highest BCUT2D eigenvalue weighted by Crippen LogP contribution is 2.19. The fourth-order valence-corrected chi connectivity index (χ4v) is 3.59. The van der Waals surface area contributed by atoms with Gasteiger partial charge in [-0.15, -0.1) is 0 Å². The first-order chi connectivity index (χ1) is 13.7. The molecule has 2 heterocycles. The third-order valence-electron chi connectivity index (χ3n) is 4.99. The number of unbranched alkanes of at least 4 members (excludes halogenated alkanes) is 1. The lowest BCUT2D eigenvalue weighted by Crippen LogP contribution is -2.23. The second-order valence-corrected chi connectivity index (χ2v) is 6.82. The van der Waals surface area contributed by atoms with Crippen LogP contribution in [-0.4, -0.2) is 21.1 Å². The van der Waals surface area contributed by atoms with Gasteiger partial charge in [-0.05, 0) is 19.4 Å². The minimum Gasteiger partial charge on any atom is -0.325 e. The lowest BCUT2D eigenvalue weighted by molar-refractivity contribution is 0.790. The van der Waals surface area contributed by atoms with E-state index in [0.717, 1.165) is 41.2 Å². The monoisotopic (exact) mass is 372 g/mol. The van der Waals surface area contributed by atoms with Crippen molar-refractivity contribution in [1.29, 1.82) is 0 Å². The molecule has 2 aromatic heterocycles. The van der Waals surface area contributed by atoms with Crippen molar-refractivity contribution < 1.29 is 0 Å². The van der Waals surface area contributed by atoms with Crippen molar-refractivity contribution in [3.05, 3.63) is 70.3 Å². The van der Waals surface area contributed by atoms with Gasteiger partial charge in [0, 0.05) is 24.0 Å². The van der Waals surface area contributed by atoms with Crippen LogP contribution in [-0.2, 0) is 6.54 Å². The van der Waals surface area contributed by atoms with Crippen molar-refractivity contribution in [1.82, 2.24) is 14.5 Å². The van der Waals surface area contributed by atoms with Gasteiger partial charge >= 0.3 is 0 Å². The molecule has 5 nitrogen and oxygen atoms in total. The highest BCUT2D eigenvalue weighted by Gasteiger charge is 2.14. The second-order valence-electron chi connectivity index (χ2n) is 6.82. The van der Waals surface area contributed by atoms with E-state index < -0.39 is 0 Å². The molecule has 5 heteroatoms. The zero-order valence-corrected chi connectivity index (χ0v) is 16.3. The molecule has 0 unspecified atom stereocenters. The standard InChI is InChI=1S/C23H24N4O/c1-3-5-15-24-20-17-13-9-10-14-18(17)27(4-2)22-19(20)23(28)26-21(25-22)16-11-7-6-8-12-16/h6-14H,3-5,15H2,1-2H3,(H,25,26,28). The quantitative estimate of drug-likeness (QED) is 0.420. The summed E-state index contributed by atoms with van der Waals surface area (Å²) in [7, 11) is 0. The molecule has 0 aliphatic carbocycles. The fraction of sp³-hybridized carbons (Fsp3) is 0.261. The van der Waals surface area contributed by atoms with Gasteiger partial charge < -0.3 is 9.55 Å². The number of nitrogens with one attached hydrogen (secondary N) is 1. The Labute approximate surface area is 163 Å². The molecule has 0 fully saturated rings. The summed E-state index contributed by atoms with van der Waals surface area (Å²) < 4.78 is 2.10. The molecule has 4 rings (SSSR count). The number of hydrogen-bond donors (Lipinski definition) is 1. The number of para-hydroxylation sites is 1. The molecule has 0 radical (unpaired) electrons. The average Bonchev–Trinajstić information content (AvgIpc) is 2.74. The molecular weight excluding hydrogens is 348 g/mol. The Morgan fingerprint density at radius 1 is 1.04 bits per heavy atom. The minimum absolute atomic E-state index is 0.146. The number of aromatic nitrogens is 3. The van der Waals surface area contributed by atoms with Crippen molar-refractivity contribution in [3.8, 4) is 11.4 Å². The molecule has 0 spiro atoms. The van der Waals surface area contributed by atoms with E-state index in [-0.39, 0.29) is 5.56 Å². The second kappa shape index (κ2) is 7.80. The zero-order valence-electron chi connectivity index (χ0n) is 16.3. The number of pyridine rings is 1. The van der Waals surface area contributed by atoms with Crippen molar-refractivity contribution >= 4 is 21.9 Å². The van der Waals surface area contributed by atoms with Crippen LogP contribution in [0.5, 0.6) is 0 Å². The van der Waals surface area contributed by atoms with Gasteiger partial charge in [-0.25, -0.2) is 4.98 Å². The number of H-pyrrole nitrogens is 1. The van der Waals surface area contributed by atoms with Crippen LogP contribution in [0.15, 0.2) is 64.4 Å². The van der Waals surface area contributed by atoms with E-state index in [4.69, 9.17) is 9.98 Å². The largest absolute Gasteiger partial charge is 0.325 e. The van der Waals surface area contributed by atoms with Crippen molar-refractivity contribution in [2.45, 2.75) is 33.2 Å². The molecule has 0 amide bonds. The average molecular weight is 372 g/mol. The molecule has 28 heavy (non-hydrogen) atoms. The van der Waals surface area contributed by atoms with Crippen LogP contribution >= 0.6 is 0 Å². The van der Waals surface area contributed by atoms with Gasteiger partial charge in [0.25, 0.3) is 5.56 Å². The van der Waals surface area contributed by atoms with Gasteiger partial charge in [-0.1, -0.05) is 61.9 Å². The number of aromatic amines is 1. The SMILES string of the molecule is CCCCN=c1c2ccccc2n(CC)c2nc(-c3ccccc3)[nH]c(=O)c12. The summed E-state index contributed by atoms with van der Waals surface area (Å²) >= 11 is 0. The van der Waals surface area contributed by atoms with Crippen LogP contribution in [0.4, 0.5) is 0 Å². The maximum absolute atomic E-state index is 13.2. The van der Waals surface area contributed by atoms with Gasteiger partial charge in [0.2, 0.25) is 0 Å². The Morgan fingerprint density at radius 3 is 2.54 bits per heavy atom. The molecule has 0 saturated heterocycles. The summed E-state index contributed by atoms with van der Waals surface area (Å²) in [4.78, 5) is 25.8. The zero-order chi connectivity index (χ0) is 19.5. The van der Waals surface area contributed by atoms with E-state index in [1.165, 1.54) is 0 Å².